The first-order chi connectivity index (χ1) is 10.3. The summed E-state index contributed by atoms with van der Waals surface area (Å²) in [7, 11) is 0. The number of halogens is 2. The van der Waals surface area contributed by atoms with Crippen LogP contribution in [0.3, 0.4) is 0 Å². The lowest BCUT2D eigenvalue weighted by molar-refractivity contribution is 0.344. The molecule has 0 aliphatic heterocycles. The summed E-state index contributed by atoms with van der Waals surface area (Å²) in [6.45, 7) is 0.612. The van der Waals surface area contributed by atoms with Gasteiger partial charge in [-0.2, -0.15) is 0 Å². The second kappa shape index (κ2) is 7.47. The molecule has 0 bridgehead atoms. The van der Waals surface area contributed by atoms with Crippen LogP contribution in [0.5, 0.6) is 0 Å². The molecule has 2 heterocycles. The zero-order valence-corrected chi connectivity index (χ0v) is 14.3. The number of anilines is 1. The summed E-state index contributed by atoms with van der Waals surface area (Å²) in [5, 5.41) is 7.22. The van der Waals surface area contributed by atoms with Crippen molar-refractivity contribution in [1.82, 2.24) is 15.1 Å². The minimum Gasteiger partial charge on any atom is -0.364 e. The number of nitrogens with one attached hydrogen (secondary N) is 1. The lowest BCUT2D eigenvalue weighted by atomic mass is 9.78. The molecule has 0 unspecified atom stereocenters. The number of nitrogens with zero attached hydrogens (tertiary/aromatic N) is 3. The average Bonchev–Trinajstić information content (AvgIpc) is 3.18. The largest absolute Gasteiger partial charge is 0.364 e. The van der Waals surface area contributed by atoms with Crippen molar-refractivity contribution in [1.29, 1.82) is 0 Å². The van der Waals surface area contributed by atoms with Gasteiger partial charge in [0.05, 0.1) is 6.54 Å². The van der Waals surface area contributed by atoms with E-state index in [0.717, 1.165) is 35.9 Å². The Labute approximate surface area is 147 Å². The first-order valence-corrected chi connectivity index (χ1v) is 7.55. The van der Waals surface area contributed by atoms with Crippen LogP contribution in [0.4, 0.5) is 5.82 Å². The molecule has 0 atom stereocenters. The summed E-state index contributed by atoms with van der Waals surface area (Å²) in [4.78, 5) is 9.40. The molecule has 6 nitrogen and oxygen atoms in total. The van der Waals surface area contributed by atoms with Gasteiger partial charge in [-0.3, -0.25) is 0 Å². The Bertz CT molecular complexity index is 627. The molecule has 3 N–H and O–H groups in total. The van der Waals surface area contributed by atoms with Crippen molar-refractivity contribution in [2.75, 3.05) is 5.32 Å². The summed E-state index contributed by atoms with van der Waals surface area (Å²) in [5.41, 5.74) is 7.90. The van der Waals surface area contributed by atoms with E-state index in [1.54, 1.807) is 6.26 Å². The van der Waals surface area contributed by atoms with E-state index in [1.165, 1.54) is 12.8 Å². The molecule has 2 aromatic rings. The molecule has 8 heteroatoms. The summed E-state index contributed by atoms with van der Waals surface area (Å²) in [5.74, 6) is 2.90. The number of aromatic nitrogens is 3. The van der Waals surface area contributed by atoms with Gasteiger partial charge in [-0.05, 0) is 25.7 Å². The number of hydrogen-bond donors (Lipinski definition) is 2. The average molecular weight is 358 g/mol. The van der Waals surface area contributed by atoms with Crippen molar-refractivity contribution in [2.45, 2.75) is 50.1 Å². The zero-order valence-electron chi connectivity index (χ0n) is 12.6. The lowest BCUT2D eigenvalue weighted by Gasteiger charge is -2.32. The second-order valence-electron chi connectivity index (χ2n) is 6.08. The highest BCUT2D eigenvalue weighted by Gasteiger charge is 2.32. The lowest BCUT2D eigenvalue weighted by Crippen LogP contribution is -2.35. The van der Waals surface area contributed by atoms with Crippen molar-refractivity contribution in [3.8, 4) is 0 Å². The molecule has 0 amide bonds. The number of nitrogens with two attached hydrogens (primary N) is 1. The first-order valence-electron chi connectivity index (χ1n) is 7.55. The minimum absolute atomic E-state index is 0. The molecule has 4 rings (SSSR count). The molecule has 2 fully saturated rings. The van der Waals surface area contributed by atoms with Crippen molar-refractivity contribution >= 4 is 30.6 Å². The third-order valence-corrected chi connectivity index (χ3v) is 4.24. The Morgan fingerprint density at radius 2 is 1.96 bits per heavy atom. The molecule has 0 radical (unpaired) electrons. The van der Waals surface area contributed by atoms with Gasteiger partial charge in [-0.15, -0.1) is 24.8 Å². The van der Waals surface area contributed by atoms with Gasteiger partial charge in [0.25, 0.3) is 0 Å². The van der Waals surface area contributed by atoms with E-state index in [2.05, 4.69) is 21.5 Å². The number of hydrogen-bond acceptors (Lipinski definition) is 6. The van der Waals surface area contributed by atoms with Gasteiger partial charge in [-0.1, -0.05) is 5.16 Å². The molecule has 23 heavy (non-hydrogen) atoms. The highest BCUT2D eigenvalue weighted by Crippen LogP contribution is 2.41. The van der Waals surface area contributed by atoms with E-state index in [4.69, 9.17) is 15.2 Å². The van der Waals surface area contributed by atoms with Crippen molar-refractivity contribution < 1.29 is 4.52 Å². The molecular formula is C15H21Cl2N5O. The second-order valence-corrected chi connectivity index (χ2v) is 6.08. The van der Waals surface area contributed by atoms with E-state index < -0.39 is 0 Å². The minimum atomic E-state index is 0. The van der Waals surface area contributed by atoms with Crippen LogP contribution in [-0.2, 0) is 6.54 Å². The van der Waals surface area contributed by atoms with Crippen molar-refractivity contribution in [2.24, 2.45) is 5.73 Å². The van der Waals surface area contributed by atoms with E-state index in [1.807, 2.05) is 6.07 Å². The van der Waals surface area contributed by atoms with Crippen LogP contribution >= 0.6 is 24.8 Å². The van der Waals surface area contributed by atoms with Crippen molar-refractivity contribution in [3.05, 3.63) is 35.6 Å². The topological polar surface area (TPSA) is 89.9 Å². The molecule has 0 aromatic carbocycles. The van der Waals surface area contributed by atoms with Gasteiger partial charge in [0.15, 0.2) is 0 Å². The van der Waals surface area contributed by atoms with Gasteiger partial charge >= 0.3 is 0 Å². The quantitative estimate of drug-likeness (QED) is 0.854. The standard InChI is InChI=1S/C15H19N5O.2ClH/c16-11-5-10(6-11)13-7-14(17-8-12-3-4-21-20-12)19-15(18-13)9-1-2-9;;/h3-4,7,9-11H,1-2,5-6,8,16H2,(H,17,18,19);2*1H. The maximum absolute atomic E-state index is 5.90. The normalized spacial score (nSPS) is 22.5. The van der Waals surface area contributed by atoms with Gasteiger partial charge in [0.1, 0.15) is 23.6 Å². The van der Waals surface area contributed by atoms with Crippen LogP contribution in [-0.4, -0.2) is 21.2 Å². The fourth-order valence-electron chi connectivity index (χ4n) is 2.72. The van der Waals surface area contributed by atoms with Gasteiger partial charge in [0, 0.05) is 35.7 Å². The number of rotatable bonds is 5. The van der Waals surface area contributed by atoms with Crippen LogP contribution < -0.4 is 11.1 Å². The Morgan fingerprint density at radius 3 is 2.57 bits per heavy atom. The third-order valence-electron chi connectivity index (χ3n) is 4.24. The molecular weight excluding hydrogens is 337 g/mol. The highest BCUT2D eigenvalue weighted by molar-refractivity contribution is 5.85. The van der Waals surface area contributed by atoms with Gasteiger partial charge in [-0.25, -0.2) is 9.97 Å². The van der Waals surface area contributed by atoms with Crippen molar-refractivity contribution in [3.63, 3.8) is 0 Å². The summed E-state index contributed by atoms with van der Waals surface area (Å²) in [6.07, 6.45) is 6.05. The SMILES string of the molecule is Cl.Cl.NC1CC(c2cc(NCc3ccon3)nc(C3CC3)n2)C1. The maximum Gasteiger partial charge on any atom is 0.134 e. The smallest absolute Gasteiger partial charge is 0.134 e. The summed E-state index contributed by atoms with van der Waals surface area (Å²) < 4.78 is 4.84. The van der Waals surface area contributed by atoms with E-state index in [0.29, 0.717) is 24.4 Å². The van der Waals surface area contributed by atoms with Gasteiger partial charge < -0.3 is 15.6 Å². The van der Waals surface area contributed by atoms with Crippen LogP contribution in [0.2, 0.25) is 0 Å². The monoisotopic (exact) mass is 357 g/mol. The van der Waals surface area contributed by atoms with Crippen LogP contribution in [0.15, 0.2) is 22.9 Å². The molecule has 2 aliphatic carbocycles. The molecule has 0 saturated heterocycles. The Morgan fingerprint density at radius 1 is 1.17 bits per heavy atom. The third kappa shape index (κ3) is 4.13. The molecule has 2 aromatic heterocycles. The van der Waals surface area contributed by atoms with Crippen LogP contribution in [0, 0.1) is 0 Å². The molecule has 126 valence electrons. The predicted octanol–water partition coefficient (Wildman–Crippen LogP) is 3.00. The first kappa shape index (κ1) is 18.0. The fraction of sp³-hybridized carbons (Fsp3) is 0.533. The predicted molar refractivity (Wildman–Crippen MR) is 92.3 cm³/mol. The molecule has 2 saturated carbocycles. The molecule has 0 spiro atoms. The van der Waals surface area contributed by atoms with Crippen LogP contribution in [0.1, 0.15) is 54.7 Å². The molecule has 2 aliphatic rings. The van der Waals surface area contributed by atoms with E-state index in [-0.39, 0.29) is 24.8 Å². The van der Waals surface area contributed by atoms with Crippen LogP contribution in [0.25, 0.3) is 0 Å². The van der Waals surface area contributed by atoms with Gasteiger partial charge in [0.2, 0.25) is 0 Å². The highest BCUT2D eigenvalue weighted by atomic mass is 35.5. The summed E-state index contributed by atoms with van der Waals surface area (Å²) >= 11 is 0. The maximum atomic E-state index is 5.90. The summed E-state index contributed by atoms with van der Waals surface area (Å²) in [6, 6.07) is 4.24. The van der Waals surface area contributed by atoms with E-state index >= 15 is 0 Å². The van der Waals surface area contributed by atoms with E-state index in [9.17, 15) is 0 Å². The fourth-order valence-corrected chi connectivity index (χ4v) is 2.72. The Hall–Kier alpha value is -1.37. The Balaban J connectivity index is 0.000000960. The Kier molecular flexibility index (Phi) is 5.84. The zero-order chi connectivity index (χ0) is 14.2.